The maximum absolute atomic E-state index is 11.6. The van der Waals surface area contributed by atoms with Crippen LogP contribution < -0.4 is 10.6 Å². The zero-order valence-corrected chi connectivity index (χ0v) is 17.9. The van der Waals surface area contributed by atoms with Crippen molar-refractivity contribution in [2.45, 2.75) is 76.8 Å². The van der Waals surface area contributed by atoms with E-state index in [0.717, 1.165) is 62.9 Å². The second kappa shape index (κ2) is 11.6. The number of nitrogens with zero attached hydrogens (tertiary/aromatic N) is 2. The summed E-state index contributed by atoms with van der Waals surface area (Å²) in [6.07, 6.45) is 12.9. The number of carbonyl (C=O) groups is 1. The van der Waals surface area contributed by atoms with E-state index in [1.165, 1.54) is 17.7 Å². The van der Waals surface area contributed by atoms with Gasteiger partial charge in [-0.15, -0.1) is 0 Å². The van der Waals surface area contributed by atoms with Gasteiger partial charge < -0.3 is 10.4 Å². The molecule has 3 heterocycles. The van der Waals surface area contributed by atoms with E-state index in [1.807, 2.05) is 19.1 Å². The summed E-state index contributed by atoms with van der Waals surface area (Å²) in [5, 5.41) is 16.2. The Morgan fingerprint density at radius 2 is 2.03 bits per heavy atom. The molecule has 1 aliphatic rings. The molecule has 0 bridgehead atoms. The van der Waals surface area contributed by atoms with E-state index < -0.39 is 12.0 Å². The Bertz CT molecular complexity index is 797. The summed E-state index contributed by atoms with van der Waals surface area (Å²) in [5.74, 6) is 0.296. The smallest absolute Gasteiger partial charge is 0.320 e. The van der Waals surface area contributed by atoms with Crippen molar-refractivity contribution in [3.8, 4) is 0 Å². The highest BCUT2D eigenvalue weighted by atomic mass is 16.4. The van der Waals surface area contributed by atoms with Gasteiger partial charge in [-0.2, -0.15) is 0 Å². The van der Waals surface area contributed by atoms with Crippen LogP contribution in [-0.4, -0.2) is 33.6 Å². The number of carboxylic acid groups (broad SMARTS) is 1. The molecule has 1 aliphatic heterocycles. The van der Waals surface area contributed by atoms with Gasteiger partial charge in [0.2, 0.25) is 0 Å². The number of hydrogen-bond donors (Lipinski definition) is 3. The molecule has 3 rings (SSSR count). The van der Waals surface area contributed by atoms with Crippen LogP contribution in [0.4, 0.5) is 5.82 Å². The van der Waals surface area contributed by atoms with E-state index in [1.54, 1.807) is 12.4 Å². The third-order valence-electron chi connectivity index (χ3n) is 5.81. The number of fused-ring (bicyclic) bond motifs is 1. The lowest BCUT2D eigenvalue weighted by atomic mass is 10.0. The van der Waals surface area contributed by atoms with Gasteiger partial charge >= 0.3 is 5.97 Å². The van der Waals surface area contributed by atoms with Crippen molar-refractivity contribution in [3.05, 3.63) is 53.5 Å². The number of pyridine rings is 2. The van der Waals surface area contributed by atoms with Crippen molar-refractivity contribution in [2.24, 2.45) is 0 Å². The summed E-state index contributed by atoms with van der Waals surface area (Å²) < 4.78 is 0. The second-order valence-corrected chi connectivity index (χ2v) is 8.21. The summed E-state index contributed by atoms with van der Waals surface area (Å²) in [7, 11) is 0. The molecule has 2 aromatic heterocycles. The van der Waals surface area contributed by atoms with Crippen LogP contribution in [0.5, 0.6) is 0 Å². The molecule has 0 aromatic carbocycles. The number of aromatic nitrogens is 2. The first-order valence-corrected chi connectivity index (χ1v) is 11.2. The number of aryl methyl sites for hydroxylation is 2. The number of nitrogens with one attached hydrogen (secondary N) is 2. The first-order chi connectivity index (χ1) is 14.6. The van der Waals surface area contributed by atoms with Crippen molar-refractivity contribution in [1.29, 1.82) is 0 Å². The van der Waals surface area contributed by atoms with Gasteiger partial charge in [0.25, 0.3) is 0 Å². The lowest BCUT2D eigenvalue weighted by Crippen LogP contribution is -2.38. The Balaban J connectivity index is 1.31. The Labute approximate surface area is 179 Å². The molecule has 0 amide bonds. The fourth-order valence-electron chi connectivity index (χ4n) is 4.00. The molecule has 2 aromatic rings. The average Bonchev–Trinajstić information content (AvgIpc) is 2.77. The summed E-state index contributed by atoms with van der Waals surface area (Å²) in [6.45, 7) is 3.01. The molecular weight excluding hydrogens is 376 g/mol. The number of unbranched alkanes of at least 4 members (excludes halogenated alkanes) is 4. The number of anilines is 1. The number of carboxylic acids is 1. The molecule has 0 radical (unpaired) electrons. The minimum atomic E-state index is -0.780. The van der Waals surface area contributed by atoms with Crippen LogP contribution in [0.3, 0.4) is 0 Å². The Morgan fingerprint density at radius 1 is 1.20 bits per heavy atom. The highest BCUT2D eigenvalue weighted by Gasteiger charge is 2.19. The fourth-order valence-corrected chi connectivity index (χ4v) is 4.00. The largest absolute Gasteiger partial charge is 0.480 e. The average molecular weight is 411 g/mol. The molecular formula is C24H34N4O2. The quantitative estimate of drug-likeness (QED) is 0.446. The molecule has 0 saturated carbocycles. The predicted octanol–water partition coefficient (Wildman–Crippen LogP) is 4.52. The summed E-state index contributed by atoms with van der Waals surface area (Å²) >= 11 is 0. The van der Waals surface area contributed by atoms with Crippen molar-refractivity contribution in [3.63, 3.8) is 0 Å². The van der Waals surface area contributed by atoms with Gasteiger partial charge in [-0.1, -0.05) is 37.8 Å². The van der Waals surface area contributed by atoms with Gasteiger partial charge in [-0.3, -0.25) is 15.1 Å². The highest BCUT2D eigenvalue weighted by Crippen LogP contribution is 2.21. The van der Waals surface area contributed by atoms with Gasteiger partial charge in [0.05, 0.1) is 0 Å². The normalized spacial score (nSPS) is 15.1. The maximum atomic E-state index is 11.6. The van der Waals surface area contributed by atoms with Gasteiger partial charge in [-0.25, -0.2) is 4.98 Å². The van der Waals surface area contributed by atoms with Crippen LogP contribution in [0.1, 0.15) is 74.7 Å². The van der Waals surface area contributed by atoms with Crippen molar-refractivity contribution >= 4 is 11.8 Å². The molecule has 0 spiro atoms. The zero-order chi connectivity index (χ0) is 21.2. The molecule has 1 unspecified atom stereocenters. The number of rotatable bonds is 12. The Morgan fingerprint density at radius 3 is 2.83 bits per heavy atom. The van der Waals surface area contributed by atoms with Gasteiger partial charge in [0, 0.05) is 30.7 Å². The topological polar surface area (TPSA) is 87.1 Å². The van der Waals surface area contributed by atoms with Crippen molar-refractivity contribution < 1.29 is 9.90 Å². The van der Waals surface area contributed by atoms with E-state index in [-0.39, 0.29) is 6.04 Å². The molecule has 2 atom stereocenters. The molecule has 0 fully saturated rings. The summed E-state index contributed by atoms with van der Waals surface area (Å²) in [5.41, 5.74) is 3.52. The molecule has 30 heavy (non-hydrogen) atoms. The SMILES string of the molecule is CC(N[C@@H](CCCCCCCc1ccc2c(n1)NCCC2)C(=O)O)c1cccnc1. The number of aliphatic carboxylic acids is 1. The van der Waals surface area contributed by atoms with E-state index in [9.17, 15) is 9.90 Å². The molecule has 6 heteroatoms. The van der Waals surface area contributed by atoms with Crippen LogP contribution in [-0.2, 0) is 17.6 Å². The van der Waals surface area contributed by atoms with Crippen LogP contribution in [0.15, 0.2) is 36.7 Å². The van der Waals surface area contributed by atoms with E-state index in [0.29, 0.717) is 6.42 Å². The third-order valence-corrected chi connectivity index (χ3v) is 5.81. The van der Waals surface area contributed by atoms with Crippen molar-refractivity contribution in [2.75, 3.05) is 11.9 Å². The van der Waals surface area contributed by atoms with Gasteiger partial charge in [0.15, 0.2) is 0 Å². The lowest BCUT2D eigenvalue weighted by Gasteiger charge is -2.20. The van der Waals surface area contributed by atoms with Gasteiger partial charge in [-0.05, 0) is 62.3 Å². The second-order valence-electron chi connectivity index (χ2n) is 8.21. The Hall–Kier alpha value is -2.47. The maximum Gasteiger partial charge on any atom is 0.320 e. The predicted molar refractivity (Wildman–Crippen MR) is 120 cm³/mol. The van der Waals surface area contributed by atoms with Gasteiger partial charge in [0.1, 0.15) is 11.9 Å². The minimum absolute atomic E-state index is 0.0293. The highest BCUT2D eigenvalue weighted by molar-refractivity contribution is 5.73. The molecule has 6 nitrogen and oxygen atoms in total. The molecule has 0 aliphatic carbocycles. The van der Waals surface area contributed by atoms with E-state index in [4.69, 9.17) is 4.98 Å². The van der Waals surface area contributed by atoms with Crippen LogP contribution in [0, 0.1) is 0 Å². The third kappa shape index (κ3) is 6.80. The number of hydrogen-bond acceptors (Lipinski definition) is 5. The van der Waals surface area contributed by atoms with Crippen LogP contribution in [0.25, 0.3) is 0 Å². The molecule has 0 saturated heterocycles. The minimum Gasteiger partial charge on any atom is -0.480 e. The van der Waals surface area contributed by atoms with Crippen LogP contribution >= 0.6 is 0 Å². The summed E-state index contributed by atoms with van der Waals surface area (Å²) in [6, 6.07) is 7.68. The van der Waals surface area contributed by atoms with E-state index in [2.05, 4.69) is 27.8 Å². The molecule has 162 valence electrons. The Kier molecular flexibility index (Phi) is 8.63. The van der Waals surface area contributed by atoms with Crippen molar-refractivity contribution in [1.82, 2.24) is 15.3 Å². The first-order valence-electron chi connectivity index (χ1n) is 11.2. The zero-order valence-electron chi connectivity index (χ0n) is 17.9. The first kappa shape index (κ1) is 22.2. The standard InChI is InChI=1S/C24H34N4O2/c1-18(20-10-7-15-25-17-20)27-22(24(29)30)12-6-4-2-3-5-11-21-14-13-19-9-8-16-26-23(19)28-21/h7,10,13-15,17-18,22,27H,2-6,8-9,11-12,16H2,1H3,(H,26,28)(H,29,30)/t18?,22-/m0/s1. The fraction of sp³-hybridized carbons (Fsp3) is 0.542. The van der Waals surface area contributed by atoms with Crippen LogP contribution in [0.2, 0.25) is 0 Å². The van der Waals surface area contributed by atoms with E-state index >= 15 is 0 Å². The molecule has 3 N–H and O–H groups in total. The lowest BCUT2D eigenvalue weighted by molar-refractivity contribution is -0.139. The monoisotopic (exact) mass is 410 g/mol. The summed E-state index contributed by atoms with van der Waals surface area (Å²) in [4.78, 5) is 20.5.